The summed E-state index contributed by atoms with van der Waals surface area (Å²) in [4.78, 5) is 11.8. The Kier molecular flexibility index (Phi) is 6.56. The van der Waals surface area contributed by atoms with Gasteiger partial charge in [-0.3, -0.25) is 4.79 Å². The van der Waals surface area contributed by atoms with E-state index in [1.165, 1.54) is 25.7 Å². The molecular weight excluding hydrogens is 212 g/mol. The summed E-state index contributed by atoms with van der Waals surface area (Å²) in [5.74, 6) is 1.90. The highest BCUT2D eigenvalue weighted by molar-refractivity contribution is 5.78. The summed E-state index contributed by atoms with van der Waals surface area (Å²) in [5, 5.41) is 3.10. The molecule has 1 saturated carbocycles. The number of carbonyl (C=O) groups excluding carboxylic acids is 1. The van der Waals surface area contributed by atoms with Gasteiger partial charge in [0.1, 0.15) is 0 Å². The quantitative estimate of drug-likeness (QED) is 0.748. The second kappa shape index (κ2) is 7.70. The van der Waals surface area contributed by atoms with Crippen LogP contribution in [-0.4, -0.2) is 19.0 Å². The first-order valence-corrected chi connectivity index (χ1v) is 7.11. The molecule has 0 radical (unpaired) electrons. The third kappa shape index (κ3) is 5.53. The molecule has 0 aromatic heterocycles. The van der Waals surface area contributed by atoms with Crippen molar-refractivity contribution in [2.75, 3.05) is 13.1 Å². The normalized spacial score (nSPS) is 26.5. The fourth-order valence-corrected chi connectivity index (χ4v) is 2.51. The zero-order valence-corrected chi connectivity index (χ0v) is 11.4. The van der Waals surface area contributed by atoms with Crippen molar-refractivity contribution >= 4 is 5.91 Å². The third-order valence-corrected chi connectivity index (χ3v) is 3.99. The van der Waals surface area contributed by atoms with Crippen molar-refractivity contribution in [3.8, 4) is 0 Å². The SMILES string of the molecule is CC1CCC(CNC(=O)C(C)CCCN)CC1. The van der Waals surface area contributed by atoms with Crippen LogP contribution >= 0.6 is 0 Å². The summed E-state index contributed by atoms with van der Waals surface area (Å²) < 4.78 is 0. The first-order valence-electron chi connectivity index (χ1n) is 7.11. The molecule has 1 amide bonds. The van der Waals surface area contributed by atoms with Crippen LogP contribution in [0.4, 0.5) is 0 Å². The third-order valence-electron chi connectivity index (χ3n) is 3.99. The molecule has 3 heteroatoms. The van der Waals surface area contributed by atoms with Crippen molar-refractivity contribution in [1.29, 1.82) is 0 Å². The van der Waals surface area contributed by atoms with Crippen molar-refractivity contribution in [3.63, 3.8) is 0 Å². The van der Waals surface area contributed by atoms with E-state index in [0.29, 0.717) is 12.5 Å². The van der Waals surface area contributed by atoms with Crippen LogP contribution in [0.5, 0.6) is 0 Å². The molecule has 0 saturated heterocycles. The monoisotopic (exact) mass is 240 g/mol. The minimum atomic E-state index is 0.112. The second-order valence-corrected chi connectivity index (χ2v) is 5.70. The number of nitrogens with two attached hydrogens (primary N) is 1. The van der Waals surface area contributed by atoms with E-state index in [9.17, 15) is 4.79 Å². The van der Waals surface area contributed by atoms with Crippen LogP contribution < -0.4 is 11.1 Å². The number of amides is 1. The van der Waals surface area contributed by atoms with E-state index in [2.05, 4.69) is 12.2 Å². The van der Waals surface area contributed by atoms with Gasteiger partial charge in [0.25, 0.3) is 0 Å². The lowest BCUT2D eigenvalue weighted by Gasteiger charge is -2.26. The van der Waals surface area contributed by atoms with E-state index in [0.717, 1.165) is 25.3 Å². The summed E-state index contributed by atoms with van der Waals surface area (Å²) in [6.45, 7) is 5.87. The van der Waals surface area contributed by atoms with Gasteiger partial charge in [0.2, 0.25) is 5.91 Å². The maximum absolute atomic E-state index is 11.8. The molecule has 3 N–H and O–H groups in total. The van der Waals surface area contributed by atoms with Gasteiger partial charge in [0.05, 0.1) is 0 Å². The van der Waals surface area contributed by atoms with Crippen molar-refractivity contribution in [2.45, 2.75) is 52.4 Å². The molecule has 0 heterocycles. The number of rotatable bonds is 6. The van der Waals surface area contributed by atoms with Gasteiger partial charge in [-0.25, -0.2) is 0 Å². The van der Waals surface area contributed by atoms with Gasteiger partial charge in [-0.15, -0.1) is 0 Å². The van der Waals surface area contributed by atoms with Crippen molar-refractivity contribution in [1.82, 2.24) is 5.32 Å². The molecule has 0 bridgehead atoms. The largest absolute Gasteiger partial charge is 0.356 e. The summed E-state index contributed by atoms with van der Waals surface area (Å²) in [6.07, 6.45) is 7.04. The van der Waals surface area contributed by atoms with Crippen LogP contribution in [0, 0.1) is 17.8 Å². The maximum Gasteiger partial charge on any atom is 0.222 e. The van der Waals surface area contributed by atoms with Crippen LogP contribution in [-0.2, 0) is 4.79 Å². The molecule has 0 aromatic carbocycles. The Bertz CT molecular complexity index is 222. The minimum absolute atomic E-state index is 0.112. The zero-order valence-electron chi connectivity index (χ0n) is 11.4. The van der Waals surface area contributed by atoms with Crippen molar-refractivity contribution in [2.24, 2.45) is 23.5 Å². The standard InChI is InChI=1S/C14H28N2O/c1-11-5-7-13(8-6-11)10-16-14(17)12(2)4-3-9-15/h11-13H,3-10,15H2,1-2H3,(H,16,17). The smallest absolute Gasteiger partial charge is 0.222 e. The molecule has 0 aromatic rings. The Labute approximate surface area is 106 Å². The predicted octanol–water partition coefficient (Wildman–Crippen LogP) is 2.30. The predicted molar refractivity (Wildman–Crippen MR) is 71.6 cm³/mol. The zero-order chi connectivity index (χ0) is 12.7. The Balaban J connectivity index is 2.14. The molecule has 1 rings (SSSR count). The minimum Gasteiger partial charge on any atom is -0.356 e. The lowest BCUT2D eigenvalue weighted by atomic mass is 9.83. The highest BCUT2D eigenvalue weighted by Crippen LogP contribution is 2.27. The van der Waals surface area contributed by atoms with Gasteiger partial charge in [-0.05, 0) is 44.1 Å². The molecular formula is C14H28N2O. The molecule has 1 aliphatic rings. The highest BCUT2D eigenvalue weighted by Gasteiger charge is 2.19. The van der Waals surface area contributed by atoms with Gasteiger partial charge in [0, 0.05) is 12.5 Å². The Morgan fingerprint density at radius 1 is 1.35 bits per heavy atom. The Morgan fingerprint density at radius 3 is 2.59 bits per heavy atom. The summed E-state index contributed by atoms with van der Waals surface area (Å²) >= 11 is 0. The van der Waals surface area contributed by atoms with E-state index in [4.69, 9.17) is 5.73 Å². The van der Waals surface area contributed by atoms with Crippen LogP contribution in [0.25, 0.3) is 0 Å². The van der Waals surface area contributed by atoms with E-state index >= 15 is 0 Å². The first kappa shape index (κ1) is 14.5. The average Bonchev–Trinajstić information content (AvgIpc) is 2.34. The summed E-state index contributed by atoms with van der Waals surface area (Å²) in [5.41, 5.74) is 5.45. The van der Waals surface area contributed by atoms with E-state index in [1.54, 1.807) is 0 Å². The molecule has 17 heavy (non-hydrogen) atoms. The Morgan fingerprint density at radius 2 is 2.00 bits per heavy atom. The van der Waals surface area contributed by atoms with Gasteiger partial charge in [0.15, 0.2) is 0 Å². The molecule has 1 atom stereocenters. The number of hydrogen-bond donors (Lipinski definition) is 2. The molecule has 1 fully saturated rings. The van der Waals surface area contributed by atoms with Gasteiger partial charge >= 0.3 is 0 Å². The lowest BCUT2D eigenvalue weighted by molar-refractivity contribution is -0.124. The van der Waals surface area contributed by atoms with Gasteiger partial charge < -0.3 is 11.1 Å². The molecule has 1 unspecified atom stereocenters. The number of hydrogen-bond acceptors (Lipinski definition) is 2. The average molecular weight is 240 g/mol. The maximum atomic E-state index is 11.8. The number of carbonyl (C=O) groups is 1. The summed E-state index contributed by atoms with van der Waals surface area (Å²) in [6, 6.07) is 0. The van der Waals surface area contributed by atoms with E-state index < -0.39 is 0 Å². The molecule has 100 valence electrons. The van der Waals surface area contributed by atoms with Crippen LogP contribution in [0.15, 0.2) is 0 Å². The van der Waals surface area contributed by atoms with E-state index in [-0.39, 0.29) is 11.8 Å². The van der Waals surface area contributed by atoms with Crippen LogP contribution in [0.1, 0.15) is 52.4 Å². The Hall–Kier alpha value is -0.570. The van der Waals surface area contributed by atoms with E-state index in [1.807, 2.05) is 6.92 Å². The molecule has 3 nitrogen and oxygen atoms in total. The topological polar surface area (TPSA) is 55.1 Å². The van der Waals surface area contributed by atoms with Crippen LogP contribution in [0.3, 0.4) is 0 Å². The fourth-order valence-electron chi connectivity index (χ4n) is 2.51. The summed E-state index contributed by atoms with van der Waals surface area (Å²) in [7, 11) is 0. The van der Waals surface area contributed by atoms with Gasteiger partial charge in [-0.2, -0.15) is 0 Å². The lowest BCUT2D eigenvalue weighted by Crippen LogP contribution is -2.34. The molecule has 0 aliphatic heterocycles. The van der Waals surface area contributed by atoms with Gasteiger partial charge in [-0.1, -0.05) is 26.7 Å². The highest BCUT2D eigenvalue weighted by atomic mass is 16.1. The van der Waals surface area contributed by atoms with Crippen LogP contribution in [0.2, 0.25) is 0 Å². The fraction of sp³-hybridized carbons (Fsp3) is 0.929. The first-order chi connectivity index (χ1) is 8.13. The molecule has 0 spiro atoms. The molecule has 1 aliphatic carbocycles. The van der Waals surface area contributed by atoms with Crippen molar-refractivity contribution < 1.29 is 4.79 Å². The van der Waals surface area contributed by atoms with Crippen molar-refractivity contribution in [3.05, 3.63) is 0 Å². The number of nitrogens with one attached hydrogen (secondary N) is 1. The second-order valence-electron chi connectivity index (χ2n) is 5.70.